The summed E-state index contributed by atoms with van der Waals surface area (Å²) < 4.78 is 5.91. The van der Waals surface area contributed by atoms with Gasteiger partial charge in [0.2, 0.25) is 0 Å². The van der Waals surface area contributed by atoms with Gasteiger partial charge in [-0.1, -0.05) is 54.6 Å². The molecule has 0 spiro atoms. The fourth-order valence-corrected chi connectivity index (χ4v) is 2.92. The Bertz CT molecular complexity index is 1210. The minimum Gasteiger partial charge on any atom is -0.503 e. The highest BCUT2D eigenvalue weighted by Gasteiger charge is 2.15. The molecule has 27 heavy (non-hydrogen) atoms. The van der Waals surface area contributed by atoms with E-state index in [1.165, 1.54) is 6.07 Å². The van der Waals surface area contributed by atoms with Gasteiger partial charge in [0.25, 0.3) is 0 Å². The van der Waals surface area contributed by atoms with Crippen molar-refractivity contribution in [3.8, 4) is 17.1 Å². The highest BCUT2D eigenvalue weighted by molar-refractivity contribution is 5.93. The van der Waals surface area contributed by atoms with Crippen molar-refractivity contribution in [2.24, 2.45) is 4.99 Å². The summed E-state index contributed by atoms with van der Waals surface area (Å²) in [5, 5.41) is 21.2. The van der Waals surface area contributed by atoms with Crippen LogP contribution in [0, 0.1) is 0 Å². The number of fused-ring (bicyclic) bond motifs is 1. The van der Waals surface area contributed by atoms with Gasteiger partial charge in [0.1, 0.15) is 10.9 Å². The van der Waals surface area contributed by atoms with Crippen molar-refractivity contribution in [1.29, 1.82) is 0 Å². The molecule has 0 atom stereocenters. The number of carboxylic acid groups (broad SMARTS) is 1. The van der Waals surface area contributed by atoms with Gasteiger partial charge in [-0.15, -0.1) is 0 Å². The van der Waals surface area contributed by atoms with E-state index in [4.69, 9.17) is 4.42 Å². The molecule has 132 valence electrons. The molecular formula is C22H15NO4. The first-order chi connectivity index (χ1) is 13.1. The van der Waals surface area contributed by atoms with E-state index in [2.05, 4.69) is 4.99 Å². The molecular weight excluding hydrogens is 342 g/mol. The van der Waals surface area contributed by atoms with Crippen molar-refractivity contribution in [1.82, 2.24) is 0 Å². The van der Waals surface area contributed by atoms with Gasteiger partial charge in [-0.2, -0.15) is 0 Å². The Morgan fingerprint density at radius 1 is 0.852 bits per heavy atom. The van der Waals surface area contributed by atoms with Crippen molar-refractivity contribution in [3.63, 3.8) is 0 Å². The molecule has 0 aliphatic heterocycles. The zero-order valence-corrected chi connectivity index (χ0v) is 14.2. The number of hydrogen-bond acceptors (Lipinski definition) is 4. The molecule has 0 unspecified atom stereocenters. The van der Waals surface area contributed by atoms with Crippen LogP contribution in [0.1, 0.15) is 10.4 Å². The number of carboxylic acids is 1. The zero-order chi connectivity index (χ0) is 18.8. The average molecular weight is 357 g/mol. The first kappa shape index (κ1) is 16.6. The van der Waals surface area contributed by atoms with E-state index >= 15 is 0 Å². The molecule has 0 saturated carbocycles. The van der Waals surface area contributed by atoms with Crippen LogP contribution in [-0.4, -0.2) is 16.2 Å². The summed E-state index contributed by atoms with van der Waals surface area (Å²) in [6, 6.07) is 22.8. The lowest BCUT2D eigenvalue weighted by molar-refractivity contribution is 0.0698. The second kappa shape index (κ2) is 6.80. The van der Waals surface area contributed by atoms with E-state index in [9.17, 15) is 15.0 Å². The van der Waals surface area contributed by atoms with Crippen LogP contribution < -0.4 is 5.36 Å². The van der Waals surface area contributed by atoms with Crippen LogP contribution >= 0.6 is 0 Å². The lowest BCUT2D eigenvalue weighted by Crippen LogP contribution is -2.06. The molecule has 5 heteroatoms. The molecule has 0 fully saturated rings. The van der Waals surface area contributed by atoms with Gasteiger partial charge in [0.05, 0.1) is 11.3 Å². The second-order valence-corrected chi connectivity index (χ2v) is 5.92. The van der Waals surface area contributed by atoms with Crippen molar-refractivity contribution in [2.75, 3.05) is 0 Å². The third-order valence-electron chi connectivity index (χ3n) is 4.20. The Morgan fingerprint density at radius 3 is 2.30 bits per heavy atom. The molecule has 4 rings (SSSR count). The zero-order valence-electron chi connectivity index (χ0n) is 14.2. The number of para-hydroxylation sites is 2. The van der Waals surface area contributed by atoms with E-state index < -0.39 is 5.97 Å². The van der Waals surface area contributed by atoms with E-state index in [0.29, 0.717) is 16.5 Å². The highest BCUT2D eigenvalue weighted by atomic mass is 16.4. The first-order valence-corrected chi connectivity index (χ1v) is 8.32. The van der Waals surface area contributed by atoms with Gasteiger partial charge in [-0.25, -0.2) is 9.79 Å². The standard InChI is InChI=1S/C22H15NO4/c24-20-19(23-17-12-6-4-10-15(17)22(25)26)16-11-5-7-13-18(16)27-21(20)14-8-2-1-3-9-14/h1-13,24H,(H,25,26). The van der Waals surface area contributed by atoms with E-state index in [-0.39, 0.29) is 28.1 Å². The smallest absolute Gasteiger partial charge is 0.337 e. The molecule has 4 aromatic rings. The Hall–Kier alpha value is -3.86. The Kier molecular flexibility index (Phi) is 4.18. The Balaban J connectivity index is 2.09. The van der Waals surface area contributed by atoms with Crippen LogP contribution in [0.4, 0.5) is 5.69 Å². The molecule has 1 heterocycles. The molecule has 0 radical (unpaired) electrons. The molecule has 5 nitrogen and oxygen atoms in total. The molecule has 2 N–H and O–H groups in total. The van der Waals surface area contributed by atoms with Gasteiger partial charge in [0.15, 0.2) is 11.5 Å². The Labute approximate surface area is 154 Å². The third kappa shape index (κ3) is 3.06. The van der Waals surface area contributed by atoms with Crippen LogP contribution in [0.3, 0.4) is 0 Å². The molecule has 0 amide bonds. The minimum absolute atomic E-state index is 0.0584. The molecule has 1 aromatic heterocycles. The minimum atomic E-state index is -1.08. The summed E-state index contributed by atoms with van der Waals surface area (Å²) in [4.78, 5) is 16.0. The molecule has 0 aliphatic rings. The summed E-state index contributed by atoms with van der Waals surface area (Å²) in [7, 11) is 0. The fourth-order valence-electron chi connectivity index (χ4n) is 2.92. The van der Waals surface area contributed by atoms with Gasteiger partial charge in [-0.3, -0.25) is 0 Å². The summed E-state index contributed by atoms with van der Waals surface area (Å²) in [6.07, 6.45) is 0. The lowest BCUT2D eigenvalue weighted by atomic mass is 10.1. The summed E-state index contributed by atoms with van der Waals surface area (Å²) >= 11 is 0. The maximum absolute atomic E-state index is 11.5. The quantitative estimate of drug-likeness (QED) is 0.555. The molecule has 3 aromatic carbocycles. The number of rotatable bonds is 3. The van der Waals surface area contributed by atoms with Crippen molar-refractivity contribution in [3.05, 3.63) is 89.8 Å². The van der Waals surface area contributed by atoms with Crippen LogP contribution in [0.2, 0.25) is 0 Å². The number of aromatic hydroxyl groups is 1. The number of carbonyl (C=O) groups is 1. The second-order valence-electron chi connectivity index (χ2n) is 5.92. The largest absolute Gasteiger partial charge is 0.503 e. The van der Waals surface area contributed by atoms with E-state index in [1.54, 1.807) is 30.3 Å². The predicted octanol–water partition coefficient (Wildman–Crippen LogP) is 4.74. The van der Waals surface area contributed by atoms with E-state index in [0.717, 1.165) is 0 Å². The molecule has 0 saturated heterocycles. The molecule has 0 aliphatic carbocycles. The monoisotopic (exact) mass is 357 g/mol. The van der Waals surface area contributed by atoms with E-state index in [1.807, 2.05) is 42.5 Å². The van der Waals surface area contributed by atoms with Gasteiger partial charge < -0.3 is 14.6 Å². The summed E-state index contributed by atoms with van der Waals surface area (Å²) in [5.41, 5.74) is 1.56. The summed E-state index contributed by atoms with van der Waals surface area (Å²) in [5.74, 6) is -0.942. The van der Waals surface area contributed by atoms with Crippen LogP contribution in [0.25, 0.3) is 22.3 Å². The molecule has 0 bridgehead atoms. The maximum atomic E-state index is 11.5. The lowest BCUT2D eigenvalue weighted by Gasteiger charge is -2.08. The number of aromatic carboxylic acids is 1. The average Bonchev–Trinajstić information content (AvgIpc) is 2.71. The fraction of sp³-hybridized carbons (Fsp3) is 0. The van der Waals surface area contributed by atoms with Crippen LogP contribution in [-0.2, 0) is 0 Å². The highest BCUT2D eigenvalue weighted by Crippen LogP contribution is 2.30. The number of hydrogen-bond donors (Lipinski definition) is 2. The van der Waals surface area contributed by atoms with Crippen molar-refractivity contribution < 1.29 is 19.4 Å². The summed E-state index contributed by atoms with van der Waals surface area (Å²) in [6.45, 7) is 0. The maximum Gasteiger partial charge on any atom is 0.337 e. The Morgan fingerprint density at radius 2 is 1.52 bits per heavy atom. The van der Waals surface area contributed by atoms with Crippen LogP contribution in [0.15, 0.2) is 88.3 Å². The topological polar surface area (TPSA) is 83.0 Å². The third-order valence-corrected chi connectivity index (χ3v) is 4.20. The first-order valence-electron chi connectivity index (χ1n) is 8.32. The van der Waals surface area contributed by atoms with Gasteiger partial charge in [-0.05, 0) is 24.3 Å². The normalized spacial score (nSPS) is 11.6. The SMILES string of the molecule is O=C(O)c1ccccc1N=c1c(O)c(-c2ccccc2)oc2ccccc12. The van der Waals surface area contributed by atoms with Gasteiger partial charge in [0, 0.05) is 10.9 Å². The van der Waals surface area contributed by atoms with Crippen molar-refractivity contribution in [2.45, 2.75) is 0 Å². The van der Waals surface area contributed by atoms with Crippen molar-refractivity contribution >= 4 is 22.6 Å². The van der Waals surface area contributed by atoms with Crippen LogP contribution in [0.5, 0.6) is 5.75 Å². The van der Waals surface area contributed by atoms with Gasteiger partial charge >= 0.3 is 5.97 Å². The number of nitrogens with zero attached hydrogens (tertiary/aromatic N) is 1. The predicted molar refractivity (Wildman–Crippen MR) is 102 cm³/mol. The number of benzene rings is 3.